The summed E-state index contributed by atoms with van der Waals surface area (Å²) in [6, 6.07) is 17.4. The number of aromatic nitrogens is 2. The van der Waals surface area contributed by atoms with Crippen LogP contribution in [0.1, 0.15) is 41.1 Å². The molecule has 1 saturated heterocycles. The van der Waals surface area contributed by atoms with Crippen molar-refractivity contribution in [2.45, 2.75) is 39.8 Å². The molecule has 0 aliphatic carbocycles. The van der Waals surface area contributed by atoms with Gasteiger partial charge in [0.15, 0.2) is 0 Å². The van der Waals surface area contributed by atoms with Crippen LogP contribution in [0.3, 0.4) is 0 Å². The zero-order chi connectivity index (χ0) is 25.8. The fourth-order valence-corrected chi connectivity index (χ4v) is 5.59. The second-order valence-corrected chi connectivity index (χ2v) is 11.1. The van der Waals surface area contributed by atoms with Crippen molar-refractivity contribution in [2.24, 2.45) is 0 Å². The molecule has 0 saturated carbocycles. The quantitative estimate of drug-likeness (QED) is 0.312. The summed E-state index contributed by atoms with van der Waals surface area (Å²) in [4.78, 5) is 18.7. The van der Waals surface area contributed by atoms with E-state index in [2.05, 4.69) is 69.5 Å². The molecule has 2 aromatic carbocycles. The predicted molar refractivity (Wildman–Crippen MR) is 155 cm³/mol. The van der Waals surface area contributed by atoms with Crippen molar-refractivity contribution in [2.75, 3.05) is 31.5 Å². The first-order valence-corrected chi connectivity index (χ1v) is 13.9. The molecule has 6 nitrogen and oxygen atoms in total. The summed E-state index contributed by atoms with van der Waals surface area (Å²) >= 11 is 1.60. The molecular weight excluding hydrogens is 478 g/mol. The van der Waals surface area contributed by atoms with Crippen LogP contribution in [0.15, 0.2) is 53.9 Å². The van der Waals surface area contributed by atoms with Crippen LogP contribution in [0.25, 0.3) is 23.1 Å². The summed E-state index contributed by atoms with van der Waals surface area (Å²) in [7, 11) is 0. The van der Waals surface area contributed by atoms with Crippen molar-refractivity contribution in [3.63, 3.8) is 0 Å². The van der Waals surface area contributed by atoms with E-state index in [0.717, 1.165) is 71.0 Å². The Bertz CT molecular complexity index is 1380. The van der Waals surface area contributed by atoms with Gasteiger partial charge in [-0.05, 0) is 67.1 Å². The predicted octanol–water partition coefficient (Wildman–Crippen LogP) is 5.81. The Morgan fingerprint density at radius 1 is 1.11 bits per heavy atom. The lowest BCUT2D eigenvalue weighted by molar-refractivity contribution is -0.115. The number of aryl methyl sites for hydroxylation is 1. The number of thiophene rings is 1. The Labute approximate surface area is 223 Å². The smallest absolute Gasteiger partial charge is 0.229 e. The first-order valence-electron chi connectivity index (χ1n) is 13.0. The average Bonchev–Trinajstić information content (AvgIpc) is 3.53. The van der Waals surface area contributed by atoms with Gasteiger partial charge in [-0.3, -0.25) is 19.7 Å². The molecule has 0 atom stereocenters. The van der Waals surface area contributed by atoms with Gasteiger partial charge in [0.1, 0.15) is 0 Å². The first kappa shape index (κ1) is 25.4. The molecule has 0 spiro atoms. The lowest BCUT2D eigenvalue weighted by atomic mass is 10.1. The molecule has 1 aliphatic heterocycles. The van der Waals surface area contributed by atoms with Crippen LogP contribution in [0, 0.1) is 6.92 Å². The van der Waals surface area contributed by atoms with Crippen LogP contribution in [0.4, 0.5) is 5.69 Å². The normalized spacial score (nSPS) is 15.2. The van der Waals surface area contributed by atoms with E-state index in [-0.39, 0.29) is 5.91 Å². The van der Waals surface area contributed by atoms with E-state index in [1.54, 1.807) is 11.3 Å². The number of amides is 1. The number of hydrogen-bond donors (Lipinski definition) is 2. The van der Waals surface area contributed by atoms with Crippen LogP contribution < -0.4 is 5.32 Å². The van der Waals surface area contributed by atoms with Gasteiger partial charge < -0.3 is 5.32 Å². The molecule has 2 N–H and O–H groups in total. The summed E-state index contributed by atoms with van der Waals surface area (Å²) in [5.74, 6) is -0.00655. The van der Waals surface area contributed by atoms with Crippen molar-refractivity contribution in [1.29, 1.82) is 0 Å². The lowest BCUT2D eigenvalue weighted by Gasteiger charge is -2.37. The van der Waals surface area contributed by atoms with Gasteiger partial charge in [0, 0.05) is 54.7 Å². The Hall–Kier alpha value is -3.26. The van der Waals surface area contributed by atoms with Crippen LogP contribution in [0.5, 0.6) is 0 Å². The Morgan fingerprint density at radius 2 is 1.95 bits per heavy atom. The largest absolute Gasteiger partial charge is 0.326 e. The maximum absolute atomic E-state index is 12.6. The molecule has 0 unspecified atom stereocenters. The number of anilines is 1. The molecule has 0 bridgehead atoms. The van der Waals surface area contributed by atoms with Crippen molar-refractivity contribution in [3.05, 3.63) is 81.2 Å². The third kappa shape index (κ3) is 6.36. The van der Waals surface area contributed by atoms with E-state index in [9.17, 15) is 4.79 Å². The topological polar surface area (TPSA) is 64.3 Å². The van der Waals surface area contributed by atoms with E-state index in [1.165, 1.54) is 5.56 Å². The van der Waals surface area contributed by atoms with Crippen LogP contribution in [-0.4, -0.2) is 58.1 Å². The molecule has 1 fully saturated rings. The number of H-pyrrole nitrogens is 1. The van der Waals surface area contributed by atoms with Crippen molar-refractivity contribution in [3.8, 4) is 0 Å². The fraction of sp³-hybridized carbons (Fsp3) is 0.333. The number of rotatable bonds is 8. The number of aromatic amines is 1. The minimum absolute atomic E-state index is 0.00655. The van der Waals surface area contributed by atoms with E-state index in [4.69, 9.17) is 0 Å². The monoisotopic (exact) mass is 513 g/mol. The van der Waals surface area contributed by atoms with E-state index in [1.807, 2.05) is 42.6 Å². The second-order valence-electron chi connectivity index (χ2n) is 10.1. The molecule has 4 aromatic rings. The van der Waals surface area contributed by atoms with Gasteiger partial charge in [-0.15, -0.1) is 11.3 Å². The number of fused-ring (bicyclic) bond motifs is 1. The van der Waals surface area contributed by atoms with Crippen molar-refractivity contribution < 1.29 is 4.79 Å². The summed E-state index contributed by atoms with van der Waals surface area (Å²) in [6.45, 7) is 12.0. The molecule has 192 valence electrons. The Kier molecular flexibility index (Phi) is 7.84. The molecule has 3 heterocycles. The van der Waals surface area contributed by atoms with Crippen molar-refractivity contribution in [1.82, 2.24) is 20.0 Å². The van der Waals surface area contributed by atoms with Crippen molar-refractivity contribution >= 4 is 46.0 Å². The molecule has 37 heavy (non-hydrogen) atoms. The van der Waals surface area contributed by atoms with Gasteiger partial charge in [0.2, 0.25) is 5.91 Å². The summed E-state index contributed by atoms with van der Waals surface area (Å²) in [5, 5.41) is 13.7. The van der Waals surface area contributed by atoms with Gasteiger partial charge >= 0.3 is 0 Å². The summed E-state index contributed by atoms with van der Waals surface area (Å²) in [5.41, 5.74) is 6.14. The molecular formula is C30H35N5OS. The van der Waals surface area contributed by atoms with Gasteiger partial charge in [-0.1, -0.05) is 36.4 Å². The number of hydrogen-bond acceptors (Lipinski definition) is 5. The number of nitrogens with one attached hydrogen (secondary N) is 2. The lowest BCUT2D eigenvalue weighted by Crippen LogP contribution is -2.48. The minimum atomic E-state index is -0.00655. The second kappa shape index (κ2) is 11.4. The highest BCUT2D eigenvalue weighted by atomic mass is 32.1. The van der Waals surface area contributed by atoms with Crippen LogP contribution in [-0.2, 0) is 17.8 Å². The average molecular weight is 514 g/mol. The van der Waals surface area contributed by atoms with E-state index >= 15 is 0 Å². The maximum Gasteiger partial charge on any atom is 0.229 e. The Morgan fingerprint density at radius 3 is 2.70 bits per heavy atom. The van der Waals surface area contributed by atoms with E-state index in [0.29, 0.717) is 12.5 Å². The number of carbonyl (C=O) groups excluding carboxylic acids is 1. The summed E-state index contributed by atoms with van der Waals surface area (Å²) in [6.07, 6.45) is 4.55. The van der Waals surface area contributed by atoms with Gasteiger partial charge in [-0.25, -0.2) is 0 Å². The third-order valence-corrected chi connectivity index (χ3v) is 7.93. The number of carbonyl (C=O) groups is 1. The number of nitrogens with zero attached hydrogens (tertiary/aromatic N) is 3. The first-order chi connectivity index (χ1) is 17.9. The number of benzene rings is 2. The number of piperazine rings is 1. The Balaban J connectivity index is 1.27. The molecule has 5 rings (SSSR count). The van der Waals surface area contributed by atoms with Gasteiger partial charge in [-0.2, -0.15) is 5.10 Å². The zero-order valence-electron chi connectivity index (χ0n) is 21.8. The highest BCUT2D eigenvalue weighted by Crippen LogP contribution is 2.26. The molecule has 0 radical (unpaired) electrons. The minimum Gasteiger partial charge on any atom is -0.326 e. The molecule has 2 aromatic heterocycles. The van der Waals surface area contributed by atoms with E-state index < -0.39 is 0 Å². The highest BCUT2D eigenvalue weighted by Gasteiger charge is 2.18. The highest BCUT2D eigenvalue weighted by molar-refractivity contribution is 7.10. The zero-order valence-corrected chi connectivity index (χ0v) is 22.6. The van der Waals surface area contributed by atoms with Crippen LogP contribution in [0.2, 0.25) is 0 Å². The standard InChI is InChI=1S/C30H35N5OS/c1-21(2)35-13-11-34(12-14-35)20-24-7-4-6-23(17-24)9-10-27-26-19-28(22(3)16-29(26)33-32-27)31-30(36)18-25-8-5-15-37-25/h4-10,15-17,19,21H,11-14,18,20H2,1-3H3,(H,31,36)(H,32,33)/b10-9+. The molecule has 7 heteroatoms. The fourth-order valence-electron chi connectivity index (χ4n) is 4.89. The summed E-state index contributed by atoms with van der Waals surface area (Å²) < 4.78 is 0. The van der Waals surface area contributed by atoms with Gasteiger partial charge in [0.05, 0.1) is 17.6 Å². The molecule has 1 amide bonds. The van der Waals surface area contributed by atoms with Crippen LogP contribution >= 0.6 is 11.3 Å². The molecule has 1 aliphatic rings. The maximum atomic E-state index is 12.6. The van der Waals surface area contributed by atoms with Gasteiger partial charge in [0.25, 0.3) is 0 Å². The third-order valence-electron chi connectivity index (χ3n) is 7.05. The SMILES string of the molecule is Cc1cc2[nH]nc(/C=C/c3cccc(CN4CCN(C(C)C)CC4)c3)c2cc1NC(=O)Cc1cccs1.